The van der Waals surface area contributed by atoms with E-state index in [-0.39, 0.29) is 12.8 Å². The highest BCUT2D eigenvalue weighted by Gasteiger charge is 2.52. The van der Waals surface area contributed by atoms with Crippen molar-refractivity contribution in [2.24, 2.45) is 10.8 Å². The summed E-state index contributed by atoms with van der Waals surface area (Å²) in [7, 11) is 0. The van der Waals surface area contributed by atoms with Crippen LogP contribution in [0.1, 0.15) is 52.4 Å². The monoisotopic (exact) mass is 226 g/mol. The molecular formula is C12H18O4-2. The van der Waals surface area contributed by atoms with Gasteiger partial charge in [-0.15, -0.1) is 0 Å². The van der Waals surface area contributed by atoms with Crippen molar-refractivity contribution in [3.63, 3.8) is 0 Å². The fourth-order valence-electron chi connectivity index (χ4n) is 3.25. The summed E-state index contributed by atoms with van der Waals surface area (Å²) in [6.07, 6.45) is 2.84. The lowest BCUT2D eigenvalue weighted by atomic mass is 9.53. The summed E-state index contributed by atoms with van der Waals surface area (Å²) in [4.78, 5) is 22.8. The van der Waals surface area contributed by atoms with E-state index in [0.29, 0.717) is 12.8 Å². The van der Waals surface area contributed by atoms with E-state index in [1.54, 1.807) is 13.8 Å². The molecule has 4 heteroatoms. The van der Waals surface area contributed by atoms with Crippen LogP contribution in [0.15, 0.2) is 0 Å². The van der Waals surface area contributed by atoms with Crippen LogP contribution >= 0.6 is 0 Å². The van der Waals surface area contributed by atoms with Gasteiger partial charge in [-0.1, -0.05) is 26.7 Å². The molecule has 1 aliphatic rings. The molecule has 0 aliphatic heterocycles. The van der Waals surface area contributed by atoms with Crippen LogP contribution in [0.5, 0.6) is 0 Å². The zero-order valence-electron chi connectivity index (χ0n) is 9.88. The normalized spacial score (nSPS) is 34.6. The second-order valence-electron chi connectivity index (χ2n) is 4.65. The summed E-state index contributed by atoms with van der Waals surface area (Å²) in [5.41, 5.74) is -2.50. The van der Waals surface area contributed by atoms with Crippen molar-refractivity contribution in [2.45, 2.75) is 52.4 Å². The van der Waals surface area contributed by atoms with Gasteiger partial charge in [-0.25, -0.2) is 0 Å². The van der Waals surface area contributed by atoms with Gasteiger partial charge in [0.2, 0.25) is 0 Å². The fourth-order valence-corrected chi connectivity index (χ4v) is 3.25. The Morgan fingerprint density at radius 1 is 0.938 bits per heavy atom. The van der Waals surface area contributed by atoms with Gasteiger partial charge < -0.3 is 19.8 Å². The van der Waals surface area contributed by atoms with Gasteiger partial charge >= 0.3 is 0 Å². The highest BCUT2D eigenvalue weighted by atomic mass is 16.4. The third-order valence-corrected chi connectivity index (χ3v) is 4.36. The van der Waals surface area contributed by atoms with Crippen molar-refractivity contribution in [3.05, 3.63) is 0 Å². The summed E-state index contributed by atoms with van der Waals surface area (Å²) in [5, 5.41) is 22.8. The van der Waals surface area contributed by atoms with E-state index < -0.39 is 22.8 Å². The Bertz CT molecular complexity index is 269. The average molecular weight is 226 g/mol. The van der Waals surface area contributed by atoms with Gasteiger partial charge in [0.15, 0.2) is 0 Å². The largest absolute Gasteiger partial charge is 0.550 e. The summed E-state index contributed by atoms with van der Waals surface area (Å²) >= 11 is 0. The van der Waals surface area contributed by atoms with Crippen LogP contribution in [0.25, 0.3) is 0 Å². The number of aliphatic carboxylic acids is 2. The highest BCUT2D eigenvalue weighted by molar-refractivity contribution is 5.85. The Balaban J connectivity index is 3.29. The lowest BCUT2D eigenvalue weighted by Gasteiger charge is -2.54. The first-order valence-corrected chi connectivity index (χ1v) is 5.89. The minimum absolute atomic E-state index is 0.289. The van der Waals surface area contributed by atoms with Gasteiger partial charge in [0.05, 0.1) is 0 Å². The van der Waals surface area contributed by atoms with E-state index in [4.69, 9.17) is 0 Å². The number of carboxylic acid groups (broad SMARTS) is 2. The summed E-state index contributed by atoms with van der Waals surface area (Å²) < 4.78 is 0. The number of rotatable bonds is 4. The van der Waals surface area contributed by atoms with E-state index in [1.807, 2.05) is 0 Å². The lowest BCUT2D eigenvalue weighted by molar-refractivity contribution is -0.349. The predicted octanol–water partition coefficient (Wildman–Crippen LogP) is -0.147. The van der Waals surface area contributed by atoms with Crippen molar-refractivity contribution in [3.8, 4) is 0 Å². The molecule has 0 saturated heterocycles. The topological polar surface area (TPSA) is 80.3 Å². The third-order valence-electron chi connectivity index (χ3n) is 4.36. The molecule has 0 spiro atoms. The van der Waals surface area contributed by atoms with Gasteiger partial charge in [0.1, 0.15) is 0 Å². The molecule has 1 aliphatic carbocycles. The maximum absolute atomic E-state index is 11.4. The highest BCUT2D eigenvalue weighted by Crippen LogP contribution is 2.54. The summed E-state index contributed by atoms with van der Waals surface area (Å²) in [6, 6.07) is 0. The van der Waals surface area contributed by atoms with Crippen molar-refractivity contribution < 1.29 is 19.8 Å². The average Bonchev–Trinajstić information content (AvgIpc) is 2.27. The van der Waals surface area contributed by atoms with Crippen molar-refractivity contribution >= 4 is 11.9 Å². The number of hydrogen-bond acceptors (Lipinski definition) is 4. The van der Waals surface area contributed by atoms with Crippen LogP contribution in [-0.2, 0) is 9.59 Å². The van der Waals surface area contributed by atoms with Gasteiger partial charge in [0, 0.05) is 22.8 Å². The first-order chi connectivity index (χ1) is 7.47. The van der Waals surface area contributed by atoms with E-state index in [2.05, 4.69) is 0 Å². The Morgan fingerprint density at radius 3 is 1.44 bits per heavy atom. The number of carbonyl (C=O) groups is 2. The standard InChI is InChI=1S/C12H20O4/c1-3-11(9(13)14)7-5-6-8-12(11,4-2)10(15)16/h3-8H2,1-2H3,(H,13,14)(H,15,16)/p-2. The van der Waals surface area contributed by atoms with E-state index in [9.17, 15) is 19.8 Å². The quantitative estimate of drug-likeness (QED) is 0.667. The molecule has 0 amide bonds. The molecule has 92 valence electrons. The van der Waals surface area contributed by atoms with Crippen molar-refractivity contribution in [1.82, 2.24) is 0 Å². The molecule has 1 saturated carbocycles. The molecule has 0 aromatic carbocycles. The molecule has 0 aromatic heterocycles. The van der Waals surface area contributed by atoms with Crippen molar-refractivity contribution in [2.75, 3.05) is 0 Å². The van der Waals surface area contributed by atoms with Crippen LogP contribution in [0.4, 0.5) is 0 Å². The van der Waals surface area contributed by atoms with Crippen LogP contribution in [0.3, 0.4) is 0 Å². The third kappa shape index (κ3) is 1.51. The molecule has 0 heterocycles. The van der Waals surface area contributed by atoms with E-state index in [0.717, 1.165) is 12.8 Å². The molecule has 2 atom stereocenters. The van der Waals surface area contributed by atoms with Gasteiger partial charge in [-0.05, 0) is 25.7 Å². The van der Waals surface area contributed by atoms with Crippen LogP contribution in [0.2, 0.25) is 0 Å². The molecule has 0 radical (unpaired) electrons. The lowest BCUT2D eigenvalue weighted by Crippen LogP contribution is -2.61. The first kappa shape index (κ1) is 13.0. The van der Waals surface area contributed by atoms with Gasteiger partial charge in [-0.3, -0.25) is 0 Å². The maximum atomic E-state index is 11.4. The maximum Gasteiger partial charge on any atom is 0.0485 e. The first-order valence-electron chi connectivity index (χ1n) is 5.89. The molecule has 0 aromatic rings. The van der Waals surface area contributed by atoms with E-state index in [1.165, 1.54) is 0 Å². The zero-order chi connectivity index (χ0) is 12.4. The molecule has 16 heavy (non-hydrogen) atoms. The van der Waals surface area contributed by atoms with E-state index >= 15 is 0 Å². The number of carbonyl (C=O) groups excluding carboxylic acids is 2. The van der Waals surface area contributed by atoms with Crippen LogP contribution in [0, 0.1) is 10.8 Å². The molecule has 1 rings (SSSR count). The molecule has 0 bridgehead atoms. The second kappa shape index (κ2) is 4.44. The predicted molar refractivity (Wildman–Crippen MR) is 53.9 cm³/mol. The fraction of sp³-hybridized carbons (Fsp3) is 0.833. The Morgan fingerprint density at radius 2 is 1.25 bits per heavy atom. The van der Waals surface area contributed by atoms with Crippen LogP contribution in [-0.4, -0.2) is 11.9 Å². The smallest absolute Gasteiger partial charge is 0.0485 e. The summed E-state index contributed by atoms with van der Waals surface area (Å²) in [5.74, 6) is -2.47. The summed E-state index contributed by atoms with van der Waals surface area (Å²) in [6.45, 7) is 3.43. The van der Waals surface area contributed by atoms with Gasteiger partial charge in [0.25, 0.3) is 0 Å². The SMILES string of the molecule is CCC1(C(=O)[O-])CCCCC1(CC)C(=O)[O-]. The Labute approximate surface area is 95.7 Å². The van der Waals surface area contributed by atoms with Crippen molar-refractivity contribution in [1.29, 1.82) is 0 Å². The second-order valence-corrected chi connectivity index (χ2v) is 4.65. The van der Waals surface area contributed by atoms with Crippen LogP contribution < -0.4 is 10.2 Å². The molecule has 1 fully saturated rings. The molecule has 2 unspecified atom stereocenters. The zero-order valence-corrected chi connectivity index (χ0v) is 9.88. The minimum Gasteiger partial charge on any atom is -0.550 e. The Kier molecular flexibility index (Phi) is 3.61. The number of carboxylic acids is 2. The van der Waals surface area contributed by atoms with Gasteiger partial charge in [-0.2, -0.15) is 0 Å². The Hall–Kier alpha value is -1.06. The molecule has 4 nitrogen and oxygen atoms in total. The minimum atomic E-state index is -1.25. The molecular weight excluding hydrogens is 208 g/mol. The number of hydrogen-bond donors (Lipinski definition) is 0. The molecule has 0 N–H and O–H groups in total.